The van der Waals surface area contributed by atoms with E-state index in [4.69, 9.17) is 4.74 Å². The number of carbonyl (C=O) groups excluding carboxylic acids is 2. The molecule has 0 spiro atoms. The van der Waals surface area contributed by atoms with E-state index in [9.17, 15) is 9.59 Å². The molecule has 2 fully saturated rings. The van der Waals surface area contributed by atoms with Crippen molar-refractivity contribution in [3.05, 3.63) is 42.7 Å². The van der Waals surface area contributed by atoms with E-state index >= 15 is 0 Å². The number of benzene rings is 1. The SMILES string of the molecule is CN(C)c1cncc(OC2CCN(C(=O)C3CC(=O)N(c4ccccc4)C3)C2)n1. The first-order valence-corrected chi connectivity index (χ1v) is 9.81. The van der Waals surface area contributed by atoms with Crippen molar-refractivity contribution in [2.75, 3.05) is 43.5 Å². The van der Waals surface area contributed by atoms with Crippen LogP contribution in [0.2, 0.25) is 0 Å². The fraction of sp³-hybridized carbons (Fsp3) is 0.429. The van der Waals surface area contributed by atoms with E-state index in [1.807, 2.05) is 49.3 Å². The van der Waals surface area contributed by atoms with Gasteiger partial charge in [-0.1, -0.05) is 18.2 Å². The third kappa shape index (κ3) is 4.16. The highest BCUT2D eigenvalue weighted by Gasteiger charge is 2.39. The summed E-state index contributed by atoms with van der Waals surface area (Å²) >= 11 is 0. The Morgan fingerprint density at radius 2 is 1.97 bits per heavy atom. The van der Waals surface area contributed by atoms with Crippen LogP contribution in [0.1, 0.15) is 12.8 Å². The Balaban J connectivity index is 1.35. The zero-order valence-corrected chi connectivity index (χ0v) is 16.7. The van der Waals surface area contributed by atoms with Crippen LogP contribution in [0.25, 0.3) is 0 Å². The van der Waals surface area contributed by atoms with E-state index < -0.39 is 0 Å². The summed E-state index contributed by atoms with van der Waals surface area (Å²) in [6, 6.07) is 9.50. The average molecular weight is 395 g/mol. The van der Waals surface area contributed by atoms with Gasteiger partial charge in [0.2, 0.25) is 17.7 Å². The van der Waals surface area contributed by atoms with E-state index in [2.05, 4.69) is 9.97 Å². The molecule has 4 rings (SSSR count). The number of hydrogen-bond acceptors (Lipinski definition) is 6. The van der Waals surface area contributed by atoms with Crippen LogP contribution >= 0.6 is 0 Å². The molecule has 2 amide bonds. The number of carbonyl (C=O) groups is 2. The minimum Gasteiger partial charge on any atom is -0.471 e. The molecule has 1 aromatic heterocycles. The van der Waals surface area contributed by atoms with Gasteiger partial charge in [-0.15, -0.1) is 0 Å². The zero-order chi connectivity index (χ0) is 20.4. The molecule has 2 unspecified atom stereocenters. The summed E-state index contributed by atoms with van der Waals surface area (Å²) in [6.07, 6.45) is 4.14. The first-order valence-electron chi connectivity index (χ1n) is 9.81. The summed E-state index contributed by atoms with van der Waals surface area (Å²) in [6.45, 7) is 1.56. The van der Waals surface area contributed by atoms with Crippen molar-refractivity contribution in [1.29, 1.82) is 0 Å². The number of amides is 2. The van der Waals surface area contributed by atoms with Gasteiger partial charge in [0.25, 0.3) is 0 Å². The third-order valence-electron chi connectivity index (χ3n) is 5.34. The van der Waals surface area contributed by atoms with E-state index in [0.717, 1.165) is 17.9 Å². The molecule has 0 aliphatic carbocycles. The van der Waals surface area contributed by atoms with Gasteiger partial charge in [0.15, 0.2) is 5.82 Å². The number of anilines is 2. The predicted octanol–water partition coefficient (Wildman–Crippen LogP) is 1.58. The standard InChI is InChI=1S/C21H25N5O3/c1-24(2)18-11-22-12-19(23-18)29-17-8-9-25(14-17)21(28)15-10-20(27)26(13-15)16-6-4-3-5-7-16/h3-7,11-12,15,17H,8-10,13-14H2,1-2H3. The fourth-order valence-electron chi connectivity index (χ4n) is 3.79. The van der Waals surface area contributed by atoms with Crippen LogP contribution in [-0.4, -0.2) is 66.5 Å². The molecule has 2 aliphatic heterocycles. The highest BCUT2D eigenvalue weighted by atomic mass is 16.5. The summed E-state index contributed by atoms with van der Waals surface area (Å²) < 4.78 is 5.95. The minimum atomic E-state index is -0.307. The molecule has 8 heteroatoms. The molecule has 3 heterocycles. The Hall–Kier alpha value is -3.16. The van der Waals surface area contributed by atoms with Gasteiger partial charge in [0, 0.05) is 45.7 Å². The van der Waals surface area contributed by atoms with E-state index in [0.29, 0.717) is 25.5 Å². The van der Waals surface area contributed by atoms with E-state index in [1.165, 1.54) is 0 Å². The Kier molecular flexibility index (Phi) is 5.33. The molecule has 2 atom stereocenters. The summed E-state index contributed by atoms with van der Waals surface area (Å²) in [7, 11) is 3.79. The highest BCUT2D eigenvalue weighted by molar-refractivity contribution is 6.00. The van der Waals surface area contributed by atoms with Crippen molar-refractivity contribution in [2.24, 2.45) is 5.92 Å². The largest absolute Gasteiger partial charge is 0.471 e. The van der Waals surface area contributed by atoms with Crippen molar-refractivity contribution in [3.63, 3.8) is 0 Å². The maximum atomic E-state index is 13.0. The van der Waals surface area contributed by atoms with Gasteiger partial charge in [-0.2, -0.15) is 4.98 Å². The summed E-state index contributed by atoms with van der Waals surface area (Å²) in [4.78, 5) is 39.3. The lowest BCUT2D eigenvalue weighted by Crippen LogP contribution is -2.37. The number of likely N-dealkylation sites (tertiary alicyclic amines) is 1. The van der Waals surface area contributed by atoms with Crippen LogP contribution in [0.15, 0.2) is 42.7 Å². The molecule has 0 N–H and O–H groups in total. The third-order valence-corrected chi connectivity index (χ3v) is 5.34. The lowest BCUT2D eigenvalue weighted by molar-refractivity contribution is -0.135. The van der Waals surface area contributed by atoms with Crippen LogP contribution in [0, 0.1) is 5.92 Å². The van der Waals surface area contributed by atoms with Gasteiger partial charge in [0.1, 0.15) is 6.10 Å². The maximum absolute atomic E-state index is 13.0. The Morgan fingerprint density at radius 3 is 2.72 bits per heavy atom. The molecule has 2 aromatic rings. The lowest BCUT2D eigenvalue weighted by atomic mass is 10.1. The van der Waals surface area contributed by atoms with Gasteiger partial charge < -0.3 is 19.4 Å². The fourth-order valence-corrected chi connectivity index (χ4v) is 3.79. The number of para-hydroxylation sites is 1. The van der Waals surface area contributed by atoms with Crippen molar-refractivity contribution >= 4 is 23.3 Å². The zero-order valence-electron chi connectivity index (χ0n) is 16.7. The Labute approximate surface area is 170 Å². The Bertz CT molecular complexity index is 889. The second-order valence-electron chi connectivity index (χ2n) is 7.66. The van der Waals surface area contributed by atoms with Crippen LogP contribution in [0.4, 0.5) is 11.5 Å². The normalized spacial score (nSPS) is 21.5. The van der Waals surface area contributed by atoms with Crippen LogP contribution < -0.4 is 14.5 Å². The molecule has 0 saturated carbocycles. The van der Waals surface area contributed by atoms with Gasteiger partial charge in [-0.05, 0) is 12.1 Å². The molecule has 0 bridgehead atoms. The predicted molar refractivity (Wildman–Crippen MR) is 109 cm³/mol. The minimum absolute atomic E-state index is 0.00248. The number of ether oxygens (including phenoxy) is 1. The number of nitrogens with zero attached hydrogens (tertiary/aromatic N) is 5. The van der Waals surface area contributed by atoms with Crippen LogP contribution in [0.5, 0.6) is 5.88 Å². The van der Waals surface area contributed by atoms with E-state index in [1.54, 1.807) is 22.2 Å². The first kappa shape index (κ1) is 19.2. The molecule has 1 aromatic carbocycles. The topological polar surface area (TPSA) is 78.9 Å². The maximum Gasteiger partial charge on any atom is 0.234 e. The van der Waals surface area contributed by atoms with Gasteiger partial charge >= 0.3 is 0 Å². The molecule has 8 nitrogen and oxygen atoms in total. The quantitative estimate of drug-likeness (QED) is 0.765. The van der Waals surface area contributed by atoms with Crippen molar-refractivity contribution in [2.45, 2.75) is 18.9 Å². The first-order chi connectivity index (χ1) is 14.0. The average Bonchev–Trinajstić information content (AvgIpc) is 3.35. The lowest BCUT2D eigenvalue weighted by Gasteiger charge is -2.21. The van der Waals surface area contributed by atoms with Gasteiger partial charge in [-0.25, -0.2) is 0 Å². The molecular weight excluding hydrogens is 370 g/mol. The second-order valence-corrected chi connectivity index (χ2v) is 7.66. The molecule has 0 radical (unpaired) electrons. The Morgan fingerprint density at radius 1 is 1.17 bits per heavy atom. The summed E-state index contributed by atoms with van der Waals surface area (Å²) in [5.41, 5.74) is 0.842. The monoisotopic (exact) mass is 395 g/mol. The van der Waals surface area contributed by atoms with Gasteiger partial charge in [-0.3, -0.25) is 14.6 Å². The van der Waals surface area contributed by atoms with Crippen LogP contribution in [-0.2, 0) is 9.59 Å². The summed E-state index contributed by atoms with van der Waals surface area (Å²) in [5, 5.41) is 0. The van der Waals surface area contributed by atoms with Crippen molar-refractivity contribution in [3.8, 4) is 5.88 Å². The highest BCUT2D eigenvalue weighted by Crippen LogP contribution is 2.27. The molecule has 152 valence electrons. The number of rotatable bonds is 5. The molecular formula is C21H25N5O3. The second kappa shape index (κ2) is 8.06. The smallest absolute Gasteiger partial charge is 0.234 e. The summed E-state index contributed by atoms with van der Waals surface area (Å²) in [5.74, 6) is 0.896. The number of hydrogen-bond donors (Lipinski definition) is 0. The molecule has 29 heavy (non-hydrogen) atoms. The van der Waals surface area contributed by atoms with Crippen molar-refractivity contribution in [1.82, 2.24) is 14.9 Å². The molecule has 2 aliphatic rings. The van der Waals surface area contributed by atoms with Crippen LogP contribution in [0.3, 0.4) is 0 Å². The number of aromatic nitrogens is 2. The van der Waals surface area contributed by atoms with Crippen molar-refractivity contribution < 1.29 is 14.3 Å². The van der Waals surface area contributed by atoms with Gasteiger partial charge in [0.05, 0.1) is 24.9 Å². The molecule has 2 saturated heterocycles. The van der Waals surface area contributed by atoms with E-state index in [-0.39, 0.29) is 30.3 Å².